The molecule has 1 aromatic carbocycles. The molecule has 0 saturated carbocycles. The van der Waals surface area contributed by atoms with E-state index in [-0.39, 0.29) is 11.7 Å². The molecule has 1 N–H and O–H groups in total. The van der Waals surface area contributed by atoms with Crippen LogP contribution >= 0.6 is 0 Å². The second-order valence-electron chi connectivity index (χ2n) is 6.99. The predicted molar refractivity (Wildman–Crippen MR) is 97.6 cm³/mol. The third-order valence-corrected chi connectivity index (χ3v) is 4.85. The van der Waals surface area contributed by atoms with Gasteiger partial charge in [0.25, 0.3) is 0 Å². The summed E-state index contributed by atoms with van der Waals surface area (Å²) >= 11 is 0. The monoisotopic (exact) mass is 345 g/mol. The van der Waals surface area contributed by atoms with E-state index in [4.69, 9.17) is 4.42 Å². The summed E-state index contributed by atoms with van der Waals surface area (Å²) in [7, 11) is 0. The van der Waals surface area contributed by atoms with Crippen LogP contribution in [0.1, 0.15) is 32.6 Å². The van der Waals surface area contributed by atoms with Gasteiger partial charge in [-0.15, -0.1) is 0 Å². The van der Waals surface area contributed by atoms with Crippen LogP contribution in [0.4, 0.5) is 0 Å². The number of oxazole rings is 1. The molecule has 2 aromatic rings. The molecule has 1 atom stereocenters. The second-order valence-corrected chi connectivity index (χ2v) is 6.99. The molecular weight excluding hydrogens is 318 g/mol. The van der Waals surface area contributed by atoms with E-state index in [1.165, 1.54) is 12.8 Å². The number of hydrogen-bond donors (Lipinski definition) is 1. The fourth-order valence-corrected chi connectivity index (χ4v) is 3.56. The molecule has 6 heteroatoms. The molecular formula is C19H27N3O3. The summed E-state index contributed by atoms with van der Waals surface area (Å²) < 4.78 is 6.79. The molecule has 2 heterocycles. The highest BCUT2D eigenvalue weighted by Crippen LogP contribution is 2.14. The average Bonchev–Trinajstić information content (AvgIpc) is 2.91. The van der Waals surface area contributed by atoms with Crippen LogP contribution in [-0.2, 0) is 11.3 Å². The van der Waals surface area contributed by atoms with Crippen molar-refractivity contribution in [3.8, 4) is 0 Å². The maximum atomic E-state index is 12.0. The minimum atomic E-state index is -0.360. The molecule has 1 saturated heterocycles. The molecule has 1 aliphatic heterocycles. The van der Waals surface area contributed by atoms with Crippen molar-refractivity contribution in [2.24, 2.45) is 5.92 Å². The number of aryl methyl sites for hydroxylation is 1. The first kappa shape index (κ1) is 17.7. The number of benzene rings is 1. The lowest BCUT2D eigenvalue weighted by molar-refractivity contribution is -0.121. The number of fused-ring (bicyclic) bond motifs is 1. The number of amides is 1. The molecule has 0 radical (unpaired) electrons. The summed E-state index contributed by atoms with van der Waals surface area (Å²) in [5, 5.41) is 2.99. The molecule has 0 bridgehead atoms. The van der Waals surface area contributed by atoms with E-state index in [2.05, 4.69) is 17.1 Å². The van der Waals surface area contributed by atoms with E-state index in [0.29, 0.717) is 31.5 Å². The van der Waals surface area contributed by atoms with Gasteiger partial charge in [-0.3, -0.25) is 9.36 Å². The summed E-state index contributed by atoms with van der Waals surface area (Å²) in [6, 6.07) is 7.36. The highest BCUT2D eigenvalue weighted by Gasteiger charge is 2.15. The van der Waals surface area contributed by atoms with Crippen LogP contribution < -0.4 is 11.1 Å². The van der Waals surface area contributed by atoms with Crippen molar-refractivity contribution in [1.82, 2.24) is 14.8 Å². The first-order chi connectivity index (χ1) is 12.1. The molecule has 25 heavy (non-hydrogen) atoms. The summed E-state index contributed by atoms with van der Waals surface area (Å²) in [6.45, 7) is 6.66. The lowest BCUT2D eigenvalue weighted by Gasteiger charge is -2.30. The van der Waals surface area contributed by atoms with Gasteiger partial charge in [-0.2, -0.15) is 0 Å². The highest BCUT2D eigenvalue weighted by atomic mass is 16.4. The Labute approximate surface area is 147 Å². The Morgan fingerprint density at radius 3 is 3.00 bits per heavy atom. The van der Waals surface area contributed by atoms with Crippen molar-refractivity contribution in [2.75, 3.05) is 26.2 Å². The number of hydrogen-bond acceptors (Lipinski definition) is 4. The van der Waals surface area contributed by atoms with Crippen LogP contribution in [0.25, 0.3) is 11.1 Å². The highest BCUT2D eigenvalue weighted by molar-refractivity contribution is 5.76. The van der Waals surface area contributed by atoms with Gasteiger partial charge in [0, 0.05) is 32.6 Å². The number of nitrogens with one attached hydrogen (secondary N) is 1. The Bertz CT molecular complexity index is 765. The van der Waals surface area contributed by atoms with Crippen LogP contribution in [-0.4, -0.2) is 41.6 Å². The van der Waals surface area contributed by atoms with Gasteiger partial charge in [0.2, 0.25) is 5.91 Å². The minimum Gasteiger partial charge on any atom is -0.408 e. The van der Waals surface area contributed by atoms with Crippen molar-refractivity contribution in [1.29, 1.82) is 0 Å². The maximum absolute atomic E-state index is 12.0. The first-order valence-corrected chi connectivity index (χ1v) is 9.21. The Hall–Kier alpha value is -2.08. The number of carbonyl (C=O) groups excluding carboxylic acids is 1. The topological polar surface area (TPSA) is 67.5 Å². The number of para-hydroxylation sites is 2. The summed E-state index contributed by atoms with van der Waals surface area (Å²) in [5.41, 5.74) is 1.37. The van der Waals surface area contributed by atoms with E-state index in [1.807, 2.05) is 18.2 Å². The third-order valence-electron chi connectivity index (χ3n) is 4.85. The zero-order valence-electron chi connectivity index (χ0n) is 14.9. The number of likely N-dealkylation sites (tertiary alicyclic amines) is 1. The van der Waals surface area contributed by atoms with Crippen LogP contribution in [0.3, 0.4) is 0 Å². The Balaban J connectivity index is 1.39. The minimum absolute atomic E-state index is 0.0471. The Morgan fingerprint density at radius 1 is 1.32 bits per heavy atom. The number of aromatic nitrogens is 1. The fourth-order valence-electron chi connectivity index (χ4n) is 3.56. The van der Waals surface area contributed by atoms with E-state index in [0.717, 1.165) is 31.1 Å². The van der Waals surface area contributed by atoms with Gasteiger partial charge < -0.3 is 14.6 Å². The molecule has 6 nitrogen and oxygen atoms in total. The van der Waals surface area contributed by atoms with E-state index in [9.17, 15) is 9.59 Å². The quantitative estimate of drug-likeness (QED) is 0.835. The zero-order valence-corrected chi connectivity index (χ0v) is 14.9. The smallest absolute Gasteiger partial charge is 0.408 e. The summed E-state index contributed by atoms with van der Waals surface area (Å²) in [6.07, 6.45) is 3.60. The van der Waals surface area contributed by atoms with Gasteiger partial charge in [-0.05, 0) is 43.9 Å². The maximum Gasteiger partial charge on any atom is 0.419 e. The normalized spacial score (nSPS) is 18.5. The predicted octanol–water partition coefficient (Wildman–Crippen LogP) is 2.22. The summed E-state index contributed by atoms with van der Waals surface area (Å²) in [5.74, 6) is 0.444. The zero-order chi connectivity index (χ0) is 17.6. The number of rotatable bonds is 7. The molecule has 0 unspecified atom stereocenters. The van der Waals surface area contributed by atoms with Crippen LogP contribution in [0.2, 0.25) is 0 Å². The first-order valence-electron chi connectivity index (χ1n) is 9.21. The van der Waals surface area contributed by atoms with Crippen molar-refractivity contribution < 1.29 is 9.21 Å². The number of piperidine rings is 1. The molecule has 136 valence electrons. The van der Waals surface area contributed by atoms with Crippen molar-refractivity contribution in [3.63, 3.8) is 0 Å². The largest absolute Gasteiger partial charge is 0.419 e. The van der Waals surface area contributed by atoms with Gasteiger partial charge in [-0.1, -0.05) is 19.1 Å². The lowest BCUT2D eigenvalue weighted by Crippen LogP contribution is -2.40. The van der Waals surface area contributed by atoms with Gasteiger partial charge >= 0.3 is 5.76 Å². The Morgan fingerprint density at radius 2 is 2.16 bits per heavy atom. The standard InChI is InChI=1S/C19H27N3O3/c1-15-6-4-11-21(14-15)13-10-20-18(23)9-5-12-22-16-7-2-3-8-17(16)25-19(22)24/h2-3,7-8,15H,4-6,9-14H2,1H3,(H,20,23)/t15-/m0/s1. The summed E-state index contributed by atoms with van der Waals surface area (Å²) in [4.78, 5) is 26.3. The molecule has 1 aliphatic rings. The molecule has 1 aromatic heterocycles. The van der Waals surface area contributed by atoms with Gasteiger partial charge in [0.1, 0.15) is 0 Å². The molecule has 3 rings (SSSR count). The van der Waals surface area contributed by atoms with Crippen LogP contribution in [0, 0.1) is 5.92 Å². The van der Waals surface area contributed by atoms with Crippen molar-refractivity contribution in [3.05, 3.63) is 34.8 Å². The molecule has 1 fully saturated rings. The Kier molecular flexibility index (Phi) is 5.91. The van der Waals surface area contributed by atoms with Crippen molar-refractivity contribution >= 4 is 17.0 Å². The average molecular weight is 345 g/mol. The third kappa shape index (κ3) is 4.72. The lowest BCUT2D eigenvalue weighted by atomic mass is 10.0. The van der Waals surface area contributed by atoms with Crippen LogP contribution in [0.5, 0.6) is 0 Å². The van der Waals surface area contributed by atoms with E-state index >= 15 is 0 Å². The van der Waals surface area contributed by atoms with Gasteiger partial charge in [0.15, 0.2) is 5.58 Å². The number of nitrogens with zero attached hydrogens (tertiary/aromatic N) is 2. The fraction of sp³-hybridized carbons (Fsp3) is 0.579. The molecule has 0 aliphatic carbocycles. The van der Waals surface area contributed by atoms with E-state index in [1.54, 1.807) is 10.6 Å². The molecule has 1 amide bonds. The van der Waals surface area contributed by atoms with Gasteiger partial charge in [0.05, 0.1) is 5.52 Å². The SMILES string of the molecule is C[C@H]1CCCN(CCNC(=O)CCCn2c(=O)oc3ccccc32)C1. The second kappa shape index (κ2) is 8.34. The van der Waals surface area contributed by atoms with Gasteiger partial charge in [-0.25, -0.2) is 4.79 Å². The van der Waals surface area contributed by atoms with Crippen LogP contribution in [0.15, 0.2) is 33.5 Å². The number of carbonyl (C=O) groups is 1. The molecule has 0 spiro atoms. The van der Waals surface area contributed by atoms with E-state index < -0.39 is 0 Å². The van der Waals surface area contributed by atoms with Crippen molar-refractivity contribution in [2.45, 2.75) is 39.2 Å².